The summed E-state index contributed by atoms with van der Waals surface area (Å²) in [6.07, 6.45) is 54.2. The van der Waals surface area contributed by atoms with Gasteiger partial charge in [-0.2, -0.15) is 0 Å². The van der Waals surface area contributed by atoms with Gasteiger partial charge in [-0.1, -0.05) is 187 Å². The van der Waals surface area contributed by atoms with Crippen LogP contribution in [0.15, 0.2) is 55.4 Å². The standard InChI is InChI=1S/3C16H30N2.C9H6O6/c3*1-3-5-6-7-8-9-10-11-12-13-16-17-14-15-18(16)4-2;10-7(11)4-1-2-5(8(12)13)6(3-4)9(14)15/h3*14-15H,3-13H2,1-2H3;1-3H,(H,10,11)(H,12,13)(H,14,15). The fourth-order valence-corrected chi connectivity index (χ4v) is 8.55. The summed E-state index contributed by atoms with van der Waals surface area (Å²) in [6, 6.07) is 2.37. The normalized spacial score (nSPS) is 10.7. The highest BCUT2D eigenvalue weighted by Gasteiger charge is 2.10. The first-order valence-corrected chi connectivity index (χ1v) is 27.5. The maximum Gasteiger partial charge on any atom is 0.254 e. The van der Waals surface area contributed by atoms with E-state index in [1.54, 1.807) is 0 Å². The molecule has 12 heteroatoms. The van der Waals surface area contributed by atoms with E-state index in [9.17, 15) is 29.7 Å². The van der Waals surface area contributed by atoms with Gasteiger partial charge in [0.1, 0.15) is 37.2 Å². The first-order valence-electron chi connectivity index (χ1n) is 27.5. The second-order valence-corrected chi connectivity index (χ2v) is 18.4. The van der Waals surface area contributed by atoms with Crippen molar-refractivity contribution in [2.45, 2.75) is 254 Å². The van der Waals surface area contributed by atoms with E-state index in [-0.39, 0.29) is 0 Å². The number of aromatic amines is 3. The summed E-state index contributed by atoms with van der Waals surface area (Å²) in [7, 11) is 0. The molecule has 0 amide bonds. The Bertz CT molecular complexity index is 1720. The molecule has 69 heavy (non-hydrogen) atoms. The Hall–Kier alpha value is -4.74. The van der Waals surface area contributed by atoms with Crippen LogP contribution in [0.4, 0.5) is 0 Å². The summed E-state index contributed by atoms with van der Waals surface area (Å²) < 4.78 is 6.93. The molecule has 0 bridgehead atoms. The molecule has 0 saturated carbocycles. The molecule has 1 aromatic carbocycles. The molecule has 0 aliphatic carbocycles. The average Bonchev–Trinajstić information content (AvgIpc) is 4.14. The van der Waals surface area contributed by atoms with Crippen molar-refractivity contribution >= 4 is 17.9 Å². The van der Waals surface area contributed by atoms with Gasteiger partial charge < -0.3 is 29.7 Å². The van der Waals surface area contributed by atoms with Crippen LogP contribution in [-0.2, 0) is 38.9 Å². The average molecular weight is 961 g/mol. The lowest BCUT2D eigenvalue weighted by molar-refractivity contribution is -0.699. The minimum atomic E-state index is -1.79. The third-order valence-corrected chi connectivity index (χ3v) is 12.8. The number of carbonyl (C=O) groups is 3. The molecule has 3 aromatic heterocycles. The van der Waals surface area contributed by atoms with Gasteiger partial charge in [0.2, 0.25) is 0 Å². The number of carbonyl (C=O) groups excluding carboxylic acids is 3. The number of nitrogens with zero attached hydrogens (tertiary/aromatic N) is 3. The Balaban J connectivity index is 0.000000461. The SMILES string of the molecule is CCCCCCCCCCCc1[nH]cc[n+]1CC.CCCCCCCCCCCc1[nH]cc[n+]1CC.CCCCCCCCCCCc1[nH]cc[n+]1CC.O=C([O-])c1ccc(C(=O)[O-])c(C(=O)[O-])c1. The van der Waals surface area contributed by atoms with Gasteiger partial charge in [-0.25, -0.2) is 28.7 Å². The lowest BCUT2D eigenvalue weighted by atomic mass is 10.0. The Labute approximate surface area is 418 Å². The summed E-state index contributed by atoms with van der Waals surface area (Å²) in [4.78, 5) is 41.3. The summed E-state index contributed by atoms with van der Waals surface area (Å²) in [5.74, 6) is -0.958. The number of aromatic nitrogens is 6. The van der Waals surface area contributed by atoms with Crippen molar-refractivity contribution in [1.29, 1.82) is 0 Å². The minimum absolute atomic E-state index is 0.445. The number of hydrogen-bond donors (Lipinski definition) is 3. The molecular formula is C57H96N6O6. The van der Waals surface area contributed by atoms with Crippen LogP contribution in [-0.4, -0.2) is 32.9 Å². The van der Waals surface area contributed by atoms with Crippen LogP contribution in [0.1, 0.15) is 263 Å². The maximum atomic E-state index is 10.5. The summed E-state index contributed by atoms with van der Waals surface area (Å²) in [5, 5.41) is 31.3. The molecule has 0 radical (unpaired) electrons. The van der Waals surface area contributed by atoms with Crippen molar-refractivity contribution in [2.75, 3.05) is 0 Å². The lowest BCUT2D eigenvalue weighted by Gasteiger charge is -2.13. The zero-order valence-corrected chi connectivity index (χ0v) is 44.3. The maximum absolute atomic E-state index is 10.5. The molecule has 3 heterocycles. The molecule has 12 nitrogen and oxygen atoms in total. The van der Waals surface area contributed by atoms with E-state index in [0.29, 0.717) is 6.07 Å². The van der Waals surface area contributed by atoms with Crippen molar-refractivity contribution in [3.63, 3.8) is 0 Å². The van der Waals surface area contributed by atoms with E-state index in [0.717, 1.165) is 31.8 Å². The Kier molecular flexibility index (Phi) is 38.1. The quantitative estimate of drug-likeness (QED) is 0.0302. The van der Waals surface area contributed by atoms with Crippen LogP contribution < -0.4 is 29.0 Å². The molecule has 0 unspecified atom stereocenters. The van der Waals surface area contributed by atoms with Crippen molar-refractivity contribution in [2.24, 2.45) is 0 Å². The van der Waals surface area contributed by atoms with Crippen molar-refractivity contribution in [3.05, 3.63) is 89.5 Å². The molecule has 0 aliphatic heterocycles. The predicted molar refractivity (Wildman–Crippen MR) is 272 cm³/mol. The third-order valence-electron chi connectivity index (χ3n) is 12.8. The number of aryl methyl sites for hydroxylation is 6. The van der Waals surface area contributed by atoms with Crippen LogP contribution >= 0.6 is 0 Å². The van der Waals surface area contributed by atoms with Gasteiger partial charge in [0.15, 0.2) is 0 Å². The molecule has 0 aliphatic rings. The van der Waals surface area contributed by atoms with Crippen molar-refractivity contribution in [1.82, 2.24) is 15.0 Å². The first-order chi connectivity index (χ1) is 33.6. The van der Waals surface area contributed by atoms with Crippen LogP contribution in [0.3, 0.4) is 0 Å². The number of unbranched alkanes of at least 4 members (excludes halogenated alkanes) is 24. The number of rotatable bonds is 36. The van der Waals surface area contributed by atoms with Gasteiger partial charge in [-0.05, 0) is 51.7 Å². The van der Waals surface area contributed by atoms with Gasteiger partial charge in [-0.15, -0.1) is 0 Å². The number of aromatic carboxylic acids is 3. The minimum Gasteiger partial charge on any atom is -0.545 e. The number of nitrogens with one attached hydrogen (secondary N) is 3. The molecule has 3 N–H and O–H groups in total. The van der Waals surface area contributed by atoms with Crippen LogP contribution in [0, 0.1) is 0 Å². The molecule has 0 saturated heterocycles. The van der Waals surface area contributed by atoms with Gasteiger partial charge >= 0.3 is 0 Å². The van der Waals surface area contributed by atoms with E-state index in [4.69, 9.17) is 0 Å². The zero-order chi connectivity index (χ0) is 50.7. The fraction of sp³-hybridized carbons (Fsp3) is 0.684. The highest BCUT2D eigenvalue weighted by atomic mass is 16.4. The summed E-state index contributed by atoms with van der Waals surface area (Å²) in [5.41, 5.74) is -1.84. The van der Waals surface area contributed by atoms with Crippen molar-refractivity contribution < 1.29 is 43.4 Å². The van der Waals surface area contributed by atoms with E-state index in [1.165, 1.54) is 210 Å². The molecule has 4 aromatic rings. The van der Waals surface area contributed by atoms with E-state index in [1.807, 2.05) is 18.6 Å². The highest BCUT2D eigenvalue weighted by Crippen LogP contribution is 2.14. The van der Waals surface area contributed by atoms with Crippen molar-refractivity contribution in [3.8, 4) is 0 Å². The van der Waals surface area contributed by atoms with E-state index in [2.05, 4.69) is 88.8 Å². The van der Waals surface area contributed by atoms with Gasteiger partial charge in [-0.3, -0.25) is 0 Å². The second-order valence-electron chi connectivity index (χ2n) is 18.4. The van der Waals surface area contributed by atoms with E-state index >= 15 is 0 Å². The smallest absolute Gasteiger partial charge is 0.254 e. The predicted octanol–water partition coefficient (Wildman–Crippen LogP) is 9.96. The highest BCUT2D eigenvalue weighted by molar-refractivity contribution is 6.02. The number of carboxylic acids is 3. The van der Waals surface area contributed by atoms with Crippen LogP contribution in [0.5, 0.6) is 0 Å². The largest absolute Gasteiger partial charge is 0.545 e. The molecule has 0 fully saturated rings. The van der Waals surface area contributed by atoms with Crippen LogP contribution in [0.2, 0.25) is 0 Å². The zero-order valence-electron chi connectivity index (χ0n) is 44.3. The first kappa shape index (κ1) is 62.3. The molecule has 0 spiro atoms. The Morgan fingerprint density at radius 3 is 0.899 bits per heavy atom. The Morgan fingerprint density at radius 2 is 0.652 bits per heavy atom. The number of hydrogen-bond acceptors (Lipinski definition) is 6. The van der Waals surface area contributed by atoms with Gasteiger partial charge in [0, 0.05) is 30.4 Å². The molecule has 390 valence electrons. The van der Waals surface area contributed by atoms with Gasteiger partial charge in [0.05, 0.1) is 37.5 Å². The number of carboxylic acid groups (broad SMARTS) is 3. The van der Waals surface area contributed by atoms with Gasteiger partial charge in [0.25, 0.3) is 17.5 Å². The third kappa shape index (κ3) is 29.8. The van der Waals surface area contributed by atoms with Crippen LogP contribution in [0.25, 0.3) is 0 Å². The lowest BCUT2D eigenvalue weighted by Crippen LogP contribution is -2.34. The second kappa shape index (κ2) is 42.2. The molecular weight excluding hydrogens is 865 g/mol. The number of imidazole rings is 3. The summed E-state index contributed by atoms with van der Waals surface area (Å²) in [6.45, 7) is 16.7. The fourth-order valence-electron chi connectivity index (χ4n) is 8.55. The topological polar surface area (TPSA) is 179 Å². The Morgan fingerprint density at radius 1 is 0.377 bits per heavy atom. The summed E-state index contributed by atoms with van der Waals surface area (Å²) >= 11 is 0. The molecule has 0 atom stereocenters. The van der Waals surface area contributed by atoms with E-state index < -0.39 is 34.6 Å². The monoisotopic (exact) mass is 961 g/mol. The molecule has 4 rings (SSSR count). The number of H-pyrrole nitrogens is 3. The number of benzene rings is 1.